The molecular formula is C24H19ClN2O4. The molecule has 1 aromatic heterocycles. The molecule has 1 saturated heterocycles. The van der Waals surface area contributed by atoms with Crippen LogP contribution < -0.4 is 4.74 Å². The maximum Gasteiger partial charge on any atom is 0.295 e. The molecule has 0 bridgehead atoms. The van der Waals surface area contributed by atoms with Crippen LogP contribution in [0.15, 0.2) is 78.6 Å². The number of halogens is 1. The number of likely N-dealkylation sites (tertiary alicyclic amines) is 1. The maximum atomic E-state index is 13.1. The first kappa shape index (κ1) is 20.6. The third-order valence-electron chi connectivity index (χ3n) is 5.17. The summed E-state index contributed by atoms with van der Waals surface area (Å²) in [6.07, 6.45) is 3.25. The highest BCUT2D eigenvalue weighted by Gasteiger charge is 2.46. The van der Waals surface area contributed by atoms with Gasteiger partial charge in [0.2, 0.25) is 0 Å². The highest BCUT2D eigenvalue weighted by molar-refractivity contribution is 6.46. The van der Waals surface area contributed by atoms with Gasteiger partial charge in [-0.3, -0.25) is 14.6 Å². The van der Waals surface area contributed by atoms with Gasteiger partial charge in [-0.25, -0.2) is 0 Å². The molecule has 1 unspecified atom stereocenters. The second-order valence-electron chi connectivity index (χ2n) is 7.04. The Balaban J connectivity index is 1.90. The van der Waals surface area contributed by atoms with Crippen molar-refractivity contribution in [1.29, 1.82) is 0 Å². The quantitative estimate of drug-likeness (QED) is 0.366. The van der Waals surface area contributed by atoms with E-state index in [-0.39, 0.29) is 23.4 Å². The van der Waals surface area contributed by atoms with Crippen LogP contribution in [-0.2, 0) is 16.1 Å². The second-order valence-corrected chi connectivity index (χ2v) is 7.47. The fraction of sp³-hybridized carbons (Fsp3) is 0.125. The van der Waals surface area contributed by atoms with Crippen molar-refractivity contribution in [3.8, 4) is 5.75 Å². The fourth-order valence-corrected chi connectivity index (χ4v) is 3.89. The van der Waals surface area contributed by atoms with Crippen LogP contribution in [0.5, 0.6) is 5.75 Å². The van der Waals surface area contributed by atoms with E-state index in [1.807, 2.05) is 30.3 Å². The zero-order chi connectivity index (χ0) is 22.0. The Labute approximate surface area is 184 Å². The summed E-state index contributed by atoms with van der Waals surface area (Å²) in [4.78, 5) is 31.6. The lowest BCUT2D eigenvalue weighted by molar-refractivity contribution is -0.140. The van der Waals surface area contributed by atoms with Crippen molar-refractivity contribution >= 4 is 29.1 Å². The van der Waals surface area contributed by atoms with Crippen LogP contribution in [0, 0.1) is 0 Å². The number of pyridine rings is 1. The van der Waals surface area contributed by atoms with E-state index in [1.165, 1.54) is 18.1 Å². The van der Waals surface area contributed by atoms with Crippen LogP contribution >= 0.6 is 11.6 Å². The van der Waals surface area contributed by atoms with E-state index >= 15 is 0 Å². The number of hydrogen-bond acceptors (Lipinski definition) is 5. The average molecular weight is 435 g/mol. The van der Waals surface area contributed by atoms with Gasteiger partial charge in [0.1, 0.15) is 11.5 Å². The SMILES string of the molecule is COc1ccc(Cl)cc1/C(O)=C1\C(=O)C(=O)N(Cc2ccncc2)C1c1ccccc1. The number of nitrogens with zero attached hydrogens (tertiary/aromatic N) is 2. The van der Waals surface area contributed by atoms with Gasteiger partial charge in [-0.05, 0) is 41.5 Å². The standard InChI is InChI=1S/C24H19ClN2O4/c1-31-19-8-7-17(25)13-18(19)22(28)20-21(16-5-3-2-4-6-16)27(24(30)23(20)29)14-15-9-11-26-12-10-15/h2-13,21,28H,14H2,1H3/b22-20+. The Hall–Kier alpha value is -3.64. The minimum atomic E-state index is -0.766. The second kappa shape index (κ2) is 8.62. The van der Waals surface area contributed by atoms with Crippen molar-refractivity contribution in [2.45, 2.75) is 12.6 Å². The van der Waals surface area contributed by atoms with Crippen LogP contribution in [0.3, 0.4) is 0 Å². The first-order valence-electron chi connectivity index (χ1n) is 9.57. The van der Waals surface area contributed by atoms with Crippen LogP contribution in [0.25, 0.3) is 5.76 Å². The summed E-state index contributed by atoms with van der Waals surface area (Å²) in [5.41, 5.74) is 1.76. The first-order chi connectivity index (χ1) is 15.0. The van der Waals surface area contributed by atoms with Gasteiger partial charge in [-0.2, -0.15) is 0 Å². The number of ether oxygens (including phenoxy) is 1. The zero-order valence-electron chi connectivity index (χ0n) is 16.7. The molecule has 2 heterocycles. The first-order valence-corrected chi connectivity index (χ1v) is 9.95. The van der Waals surface area contributed by atoms with Gasteiger partial charge in [0.25, 0.3) is 11.7 Å². The molecular weight excluding hydrogens is 416 g/mol. The van der Waals surface area contributed by atoms with Gasteiger partial charge in [-0.15, -0.1) is 0 Å². The minimum absolute atomic E-state index is 0.00850. The van der Waals surface area contributed by atoms with Crippen molar-refractivity contribution in [3.63, 3.8) is 0 Å². The lowest BCUT2D eigenvalue weighted by atomic mass is 9.95. The molecule has 0 saturated carbocycles. The minimum Gasteiger partial charge on any atom is -0.507 e. The van der Waals surface area contributed by atoms with Gasteiger partial charge in [-0.1, -0.05) is 41.9 Å². The van der Waals surface area contributed by atoms with Crippen molar-refractivity contribution in [1.82, 2.24) is 9.88 Å². The predicted molar refractivity (Wildman–Crippen MR) is 117 cm³/mol. The van der Waals surface area contributed by atoms with E-state index in [0.29, 0.717) is 16.3 Å². The third kappa shape index (κ3) is 3.90. The van der Waals surface area contributed by atoms with Gasteiger partial charge < -0.3 is 14.7 Å². The molecule has 0 radical (unpaired) electrons. The topological polar surface area (TPSA) is 79.7 Å². The summed E-state index contributed by atoms with van der Waals surface area (Å²) in [5.74, 6) is -1.44. The van der Waals surface area contributed by atoms with Crippen molar-refractivity contribution in [3.05, 3.63) is 100 Å². The normalized spacial score (nSPS) is 17.7. The summed E-state index contributed by atoms with van der Waals surface area (Å²) in [6, 6.07) is 16.6. The molecule has 1 N–H and O–H groups in total. The molecule has 0 spiro atoms. The van der Waals surface area contributed by atoms with Crippen LogP contribution in [0.2, 0.25) is 5.02 Å². The van der Waals surface area contributed by atoms with Gasteiger partial charge in [0, 0.05) is 24.0 Å². The molecule has 4 rings (SSSR count). The summed E-state index contributed by atoms with van der Waals surface area (Å²) in [5, 5.41) is 11.6. The molecule has 1 aliphatic heterocycles. The van der Waals surface area contributed by atoms with Crippen molar-refractivity contribution < 1.29 is 19.4 Å². The number of carbonyl (C=O) groups is 2. The molecule has 31 heavy (non-hydrogen) atoms. The molecule has 0 aliphatic carbocycles. The Morgan fingerprint density at radius 1 is 1.10 bits per heavy atom. The smallest absolute Gasteiger partial charge is 0.295 e. The van der Waals surface area contributed by atoms with E-state index in [2.05, 4.69) is 4.98 Å². The summed E-state index contributed by atoms with van der Waals surface area (Å²) in [6.45, 7) is 0.191. The summed E-state index contributed by atoms with van der Waals surface area (Å²) < 4.78 is 5.34. The number of aliphatic hydroxyl groups excluding tert-OH is 1. The average Bonchev–Trinajstić information content (AvgIpc) is 3.04. The highest BCUT2D eigenvalue weighted by Crippen LogP contribution is 2.42. The molecule has 7 heteroatoms. The number of aliphatic hydroxyl groups is 1. The Bertz CT molecular complexity index is 1160. The van der Waals surface area contributed by atoms with Gasteiger partial charge in [0.15, 0.2) is 0 Å². The van der Waals surface area contributed by atoms with Crippen LogP contribution in [0.4, 0.5) is 0 Å². The highest BCUT2D eigenvalue weighted by atomic mass is 35.5. The number of hydrogen-bond donors (Lipinski definition) is 1. The molecule has 1 atom stereocenters. The number of ketones is 1. The number of benzene rings is 2. The Morgan fingerprint density at radius 3 is 2.48 bits per heavy atom. The molecule has 1 amide bonds. The third-order valence-corrected chi connectivity index (χ3v) is 5.41. The van der Waals surface area contributed by atoms with Crippen molar-refractivity contribution in [2.75, 3.05) is 7.11 Å². The van der Waals surface area contributed by atoms with E-state index in [4.69, 9.17) is 16.3 Å². The number of methoxy groups -OCH3 is 1. The van der Waals surface area contributed by atoms with Crippen LogP contribution in [-0.4, -0.2) is 33.8 Å². The van der Waals surface area contributed by atoms with Crippen LogP contribution in [0.1, 0.15) is 22.7 Å². The number of amides is 1. The van der Waals surface area contributed by atoms with E-state index in [9.17, 15) is 14.7 Å². The molecule has 6 nitrogen and oxygen atoms in total. The largest absolute Gasteiger partial charge is 0.507 e. The fourth-order valence-electron chi connectivity index (χ4n) is 3.72. The molecule has 2 aromatic carbocycles. The summed E-state index contributed by atoms with van der Waals surface area (Å²) >= 11 is 6.12. The van der Waals surface area contributed by atoms with Gasteiger partial charge in [0.05, 0.1) is 24.3 Å². The number of aromatic nitrogens is 1. The molecule has 156 valence electrons. The lowest BCUT2D eigenvalue weighted by Gasteiger charge is -2.25. The molecule has 1 aliphatic rings. The predicted octanol–water partition coefficient (Wildman–Crippen LogP) is 4.37. The van der Waals surface area contributed by atoms with E-state index < -0.39 is 17.7 Å². The monoisotopic (exact) mass is 434 g/mol. The van der Waals surface area contributed by atoms with E-state index in [0.717, 1.165) is 5.56 Å². The lowest BCUT2D eigenvalue weighted by Crippen LogP contribution is -2.29. The maximum absolute atomic E-state index is 13.1. The number of Topliss-reactive ketones (excluding diaryl/α,β-unsaturated/α-hetero) is 1. The molecule has 3 aromatic rings. The van der Waals surface area contributed by atoms with Gasteiger partial charge >= 0.3 is 0 Å². The zero-order valence-corrected chi connectivity index (χ0v) is 17.4. The summed E-state index contributed by atoms with van der Waals surface area (Å²) in [7, 11) is 1.46. The Morgan fingerprint density at radius 2 is 1.81 bits per heavy atom. The number of rotatable bonds is 5. The van der Waals surface area contributed by atoms with Crippen molar-refractivity contribution in [2.24, 2.45) is 0 Å². The number of carbonyl (C=O) groups excluding carboxylic acids is 2. The van der Waals surface area contributed by atoms with E-state index in [1.54, 1.807) is 36.7 Å². The molecule has 1 fully saturated rings. The Kier molecular flexibility index (Phi) is 5.73.